The molecule has 0 N–H and O–H groups in total. The Morgan fingerprint density at radius 3 is 2.44 bits per heavy atom. The monoisotopic (exact) mass is 373 g/mol. The normalized spacial score (nSPS) is 12.4. The fourth-order valence-corrected chi connectivity index (χ4v) is 5.40. The maximum atomic E-state index is 6.01. The van der Waals surface area contributed by atoms with Gasteiger partial charge in [-0.25, -0.2) is 0 Å². The highest BCUT2D eigenvalue weighted by molar-refractivity contribution is 7.56. The molecule has 2 aromatic rings. The number of rotatable bonds is 8. The average molecular weight is 374 g/mol. The van der Waals surface area contributed by atoms with Crippen molar-refractivity contribution in [2.24, 2.45) is 4.99 Å². The first-order valence-corrected chi connectivity index (χ1v) is 13.2. The van der Waals surface area contributed by atoms with E-state index in [-0.39, 0.29) is 6.79 Å². The highest BCUT2D eigenvalue weighted by Gasteiger charge is 2.19. The number of benzene rings is 2. The third-order valence-corrected chi connectivity index (χ3v) is 6.47. The molecule has 0 heterocycles. The van der Waals surface area contributed by atoms with Gasteiger partial charge >= 0.3 is 0 Å². The van der Waals surface area contributed by atoms with Crippen LogP contribution in [-0.2, 0) is 10.8 Å². The van der Waals surface area contributed by atoms with E-state index in [2.05, 4.69) is 67.1 Å². The molecule has 2 aromatic carbocycles. The largest absolute Gasteiger partial charge is 0.467 e. The van der Waals surface area contributed by atoms with Gasteiger partial charge < -0.3 is 9.47 Å². The summed E-state index contributed by atoms with van der Waals surface area (Å²) in [5.41, 5.74) is 2.46. The Morgan fingerprint density at radius 2 is 1.76 bits per heavy atom. The molecule has 0 aliphatic carbocycles. The van der Waals surface area contributed by atoms with Crippen LogP contribution in [0.5, 0.6) is 5.75 Å². The first-order valence-electron chi connectivity index (χ1n) is 8.46. The number of aliphatic imine (C=N–C) groups is 1. The summed E-state index contributed by atoms with van der Waals surface area (Å²) in [5.74, 6) is 0.994. The molecule has 1 atom stereocenters. The number of hydrogen-bond acceptors (Lipinski definition) is 3. The fourth-order valence-electron chi connectivity index (χ4n) is 2.69. The van der Waals surface area contributed by atoms with Crippen molar-refractivity contribution in [3.63, 3.8) is 0 Å². The predicted octanol–water partition coefficient (Wildman–Crippen LogP) is 3.77. The lowest BCUT2D eigenvalue weighted by Gasteiger charge is -2.21. The van der Waals surface area contributed by atoms with E-state index in [4.69, 9.17) is 9.47 Å². The summed E-state index contributed by atoms with van der Waals surface area (Å²) in [6.07, 6.45) is 1.92. The number of nitrogens with zero attached hydrogens (tertiary/aromatic N) is 1. The summed E-state index contributed by atoms with van der Waals surface area (Å²) in [6, 6.07) is 16.0. The van der Waals surface area contributed by atoms with E-state index in [1.165, 1.54) is 16.2 Å². The Bertz CT molecular complexity index is 726. The number of methoxy groups -OCH3 is 1. The van der Waals surface area contributed by atoms with Crippen molar-refractivity contribution >= 4 is 33.5 Å². The maximum absolute atomic E-state index is 6.01. The van der Waals surface area contributed by atoms with Crippen molar-refractivity contribution < 1.29 is 9.47 Å². The fraction of sp³-hybridized carbons (Fsp3) is 0.350. The van der Waals surface area contributed by atoms with Crippen LogP contribution >= 0.6 is 8.58 Å². The van der Waals surface area contributed by atoms with Gasteiger partial charge in [0.25, 0.3) is 0 Å². The Kier molecular flexibility index (Phi) is 7.36. The molecule has 0 fully saturated rings. The summed E-state index contributed by atoms with van der Waals surface area (Å²) >= 11 is 0. The molecule has 3 nitrogen and oxygen atoms in total. The van der Waals surface area contributed by atoms with Gasteiger partial charge in [0.1, 0.15) is 5.75 Å². The third-order valence-electron chi connectivity index (χ3n) is 3.64. The smallest absolute Gasteiger partial charge is 0.188 e. The van der Waals surface area contributed by atoms with Crippen molar-refractivity contribution in [2.45, 2.75) is 25.7 Å². The van der Waals surface area contributed by atoms with Gasteiger partial charge in [0, 0.05) is 33.8 Å². The molecule has 0 aromatic heterocycles. The summed E-state index contributed by atoms with van der Waals surface area (Å²) in [5, 5.41) is 2.50. The number of ether oxygens (including phenoxy) is 2. The van der Waals surface area contributed by atoms with E-state index in [1.807, 2.05) is 13.3 Å². The standard InChI is InChI=1S/C20H28NO2PSi/c1-21-13-16-9-6-7-11-18(16)24-19-12-8-10-17(14-25(3,4)5)20(19)23-15-22-2/h6-13,24H,14-15H2,1-5H3/b21-13+. The molecule has 0 aliphatic rings. The van der Waals surface area contributed by atoms with Gasteiger partial charge in [0.15, 0.2) is 6.79 Å². The zero-order valence-corrected chi connectivity index (χ0v) is 17.8. The number of hydrogen-bond donors (Lipinski definition) is 0. The molecule has 0 saturated heterocycles. The molecule has 0 aliphatic heterocycles. The van der Waals surface area contributed by atoms with Gasteiger partial charge in [-0.3, -0.25) is 4.99 Å². The third kappa shape index (κ3) is 6.07. The summed E-state index contributed by atoms with van der Waals surface area (Å²) < 4.78 is 11.2. The Morgan fingerprint density at radius 1 is 1.04 bits per heavy atom. The second kappa shape index (κ2) is 9.28. The molecule has 25 heavy (non-hydrogen) atoms. The molecule has 2 rings (SSSR count). The Balaban J connectivity index is 2.41. The summed E-state index contributed by atoms with van der Waals surface area (Å²) in [7, 11) is 2.75. The SMILES string of the molecule is C/N=C/c1ccccc1Pc1cccc(C[Si](C)(C)C)c1OCOC. The van der Waals surface area contributed by atoms with Gasteiger partial charge in [0.2, 0.25) is 0 Å². The minimum absolute atomic E-state index is 0.276. The van der Waals surface area contributed by atoms with Gasteiger partial charge in [-0.2, -0.15) is 0 Å². The number of para-hydroxylation sites is 1. The molecule has 0 amide bonds. The van der Waals surface area contributed by atoms with Crippen LogP contribution in [0.4, 0.5) is 0 Å². The molecule has 0 saturated carbocycles. The second-order valence-corrected chi connectivity index (χ2v) is 14.0. The van der Waals surface area contributed by atoms with Crippen LogP contribution in [0.15, 0.2) is 47.5 Å². The van der Waals surface area contributed by atoms with E-state index in [1.54, 1.807) is 7.11 Å². The van der Waals surface area contributed by atoms with E-state index >= 15 is 0 Å². The molecular formula is C20H28NO2PSi. The van der Waals surface area contributed by atoms with Crippen molar-refractivity contribution in [3.05, 3.63) is 53.6 Å². The Hall–Kier alpha value is -1.48. The van der Waals surface area contributed by atoms with E-state index in [0.717, 1.165) is 17.4 Å². The van der Waals surface area contributed by atoms with E-state index < -0.39 is 8.07 Å². The van der Waals surface area contributed by atoms with Crippen LogP contribution in [0.1, 0.15) is 11.1 Å². The lowest BCUT2D eigenvalue weighted by atomic mass is 10.2. The second-order valence-electron chi connectivity index (χ2n) is 7.18. The molecular weight excluding hydrogens is 345 g/mol. The zero-order chi connectivity index (χ0) is 18.3. The van der Waals surface area contributed by atoms with Crippen LogP contribution < -0.4 is 15.3 Å². The quantitative estimate of drug-likeness (QED) is 0.305. The van der Waals surface area contributed by atoms with Crippen molar-refractivity contribution in [1.82, 2.24) is 0 Å². The zero-order valence-electron chi connectivity index (χ0n) is 15.8. The van der Waals surface area contributed by atoms with Crippen molar-refractivity contribution in [3.8, 4) is 5.75 Å². The lowest BCUT2D eigenvalue weighted by Crippen LogP contribution is -2.25. The molecule has 0 bridgehead atoms. The molecule has 134 valence electrons. The molecule has 5 heteroatoms. The van der Waals surface area contributed by atoms with Crippen molar-refractivity contribution in [1.29, 1.82) is 0 Å². The topological polar surface area (TPSA) is 30.8 Å². The summed E-state index contributed by atoms with van der Waals surface area (Å²) in [6.45, 7) is 7.43. The molecule has 0 spiro atoms. The van der Waals surface area contributed by atoms with Gasteiger partial charge in [-0.1, -0.05) is 70.7 Å². The molecule has 1 unspecified atom stereocenters. The summed E-state index contributed by atoms with van der Waals surface area (Å²) in [4.78, 5) is 4.18. The van der Waals surface area contributed by atoms with Gasteiger partial charge in [0.05, 0.1) is 0 Å². The van der Waals surface area contributed by atoms with E-state index in [9.17, 15) is 0 Å². The van der Waals surface area contributed by atoms with E-state index in [0.29, 0.717) is 8.58 Å². The van der Waals surface area contributed by atoms with Crippen LogP contribution in [0.2, 0.25) is 19.6 Å². The maximum Gasteiger partial charge on any atom is 0.188 e. The minimum Gasteiger partial charge on any atom is -0.467 e. The predicted molar refractivity (Wildman–Crippen MR) is 114 cm³/mol. The van der Waals surface area contributed by atoms with Crippen LogP contribution in [-0.4, -0.2) is 35.2 Å². The average Bonchev–Trinajstić information content (AvgIpc) is 2.55. The highest BCUT2D eigenvalue weighted by atomic mass is 31.1. The first kappa shape index (κ1) is 19.8. The van der Waals surface area contributed by atoms with Crippen LogP contribution in [0, 0.1) is 0 Å². The highest BCUT2D eigenvalue weighted by Crippen LogP contribution is 2.27. The first-order chi connectivity index (χ1) is 11.9. The minimum atomic E-state index is -1.25. The van der Waals surface area contributed by atoms with Gasteiger partial charge in [-0.15, -0.1) is 0 Å². The van der Waals surface area contributed by atoms with Crippen molar-refractivity contribution in [2.75, 3.05) is 21.0 Å². The molecule has 0 radical (unpaired) electrons. The van der Waals surface area contributed by atoms with Crippen LogP contribution in [0.25, 0.3) is 0 Å². The Labute approximate surface area is 154 Å². The van der Waals surface area contributed by atoms with Crippen LogP contribution in [0.3, 0.4) is 0 Å². The lowest BCUT2D eigenvalue weighted by molar-refractivity contribution is 0.0513. The van der Waals surface area contributed by atoms with Gasteiger partial charge in [-0.05, 0) is 22.5 Å².